The summed E-state index contributed by atoms with van der Waals surface area (Å²) in [4.78, 5) is 10.2. The average Bonchev–Trinajstić information content (AvgIpc) is 2.39. The van der Waals surface area contributed by atoms with Crippen molar-refractivity contribution in [2.45, 2.75) is 0 Å². The molecule has 18 heavy (non-hydrogen) atoms. The summed E-state index contributed by atoms with van der Waals surface area (Å²) in [6, 6.07) is 17.9. The molecule has 0 fully saturated rings. The van der Waals surface area contributed by atoms with Crippen LogP contribution in [-0.4, -0.2) is 4.89 Å². The normalized spacial score (nSPS) is 13.7. The summed E-state index contributed by atoms with van der Waals surface area (Å²) in [5.41, 5.74) is 0.610. The van der Waals surface area contributed by atoms with E-state index < -0.39 is 6.64 Å². The van der Waals surface area contributed by atoms with E-state index in [1.54, 1.807) is 36.4 Å². The van der Waals surface area contributed by atoms with Crippen LogP contribution in [0, 0.1) is 0 Å². The number of benzene rings is 2. The molecule has 1 unspecified atom stereocenters. The Balaban J connectivity index is 2.19. The maximum atomic E-state index is 10.2. The summed E-state index contributed by atoms with van der Waals surface area (Å²) in [7, 11) is 0. The Kier molecular flexibility index (Phi) is 3.99. The minimum atomic E-state index is -3.28. The van der Waals surface area contributed by atoms with Gasteiger partial charge in [-0.15, -0.1) is 0 Å². The molecule has 0 radical (unpaired) electrons. The summed E-state index contributed by atoms with van der Waals surface area (Å²) >= 11 is 5.08. The van der Waals surface area contributed by atoms with Gasteiger partial charge in [-0.3, -0.25) is 0 Å². The van der Waals surface area contributed by atoms with Gasteiger partial charge in [0.15, 0.2) is 0 Å². The van der Waals surface area contributed by atoms with Crippen LogP contribution in [-0.2, 0) is 11.8 Å². The minimum Gasteiger partial charge on any atom is -0.428 e. The molecule has 3 N–H and O–H groups in total. The van der Waals surface area contributed by atoms with Crippen molar-refractivity contribution in [2.75, 3.05) is 4.78 Å². The highest BCUT2D eigenvalue weighted by Gasteiger charge is 2.23. The van der Waals surface area contributed by atoms with E-state index in [0.717, 1.165) is 4.78 Å². The summed E-state index contributed by atoms with van der Waals surface area (Å²) < 4.78 is 6.51. The van der Waals surface area contributed by atoms with Gasteiger partial charge in [-0.1, -0.05) is 36.4 Å². The quantitative estimate of drug-likeness (QED) is 0.512. The lowest BCUT2D eigenvalue weighted by Gasteiger charge is -2.27. The second-order valence-electron chi connectivity index (χ2n) is 3.58. The average molecular weight is 280 g/mol. The van der Waals surface area contributed by atoms with E-state index in [9.17, 15) is 4.89 Å². The maximum absolute atomic E-state index is 10.2. The molecule has 0 aliphatic carbocycles. The SMILES string of the molecule is NN(c1ccccc1)P(O)(=S)Oc1ccccc1. The number of nitrogens with zero attached hydrogens (tertiary/aromatic N) is 1. The van der Waals surface area contributed by atoms with Crippen LogP contribution in [0.2, 0.25) is 0 Å². The monoisotopic (exact) mass is 280 g/mol. The lowest BCUT2D eigenvalue weighted by Crippen LogP contribution is -2.29. The van der Waals surface area contributed by atoms with Gasteiger partial charge in [0.05, 0.1) is 5.69 Å². The largest absolute Gasteiger partial charge is 0.428 e. The van der Waals surface area contributed by atoms with Gasteiger partial charge in [0.2, 0.25) is 0 Å². The molecule has 0 aliphatic heterocycles. The third-order valence-electron chi connectivity index (χ3n) is 2.26. The predicted octanol–water partition coefficient (Wildman–Crippen LogP) is 2.66. The van der Waals surface area contributed by atoms with Gasteiger partial charge in [0.1, 0.15) is 5.75 Å². The van der Waals surface area contributed by atoms with Crippen LogP contribution < -0.4 is 15.1 Å². The van der Waals surface area contributed by atoms with Crippen LogP contribution in [0.4, 0.5) is 5.69 Å². The molecule has 6 heteroatoms. The first-order valence-corrected chi connectivity index (χ1v) is 7.90. The smallest absolute Gasteiger partial charge is 0.353 e. The Bertz CT molecular complexity index is 551. The Morgan fingerprint density at radius 1 is 1.00 bits per heavy atom. The van der Waals surface area contributed by atoms with E-state index in [2.05, 4.69) is 0 Å². The highest BCUT2D eigenvalue weighted by Crippen LogP contribution is 2.46. The fourth-order valence-electron chi connectivity index (χ4n) is 1.39. The summed E-state index contributed by atoms with van der Waals surface area (Å²) in [6.07, 6.45) is 0. The number of para-hydroxylation sites is 2. The van der Waals surface area contributed by atoms with Crippen molar-refractivity contribution in [3.05, 3.63) is 60.7 Å². The second kappa shape index (κ2) is 5.50. The molecule has 0 aliphatic rings. The van der Waals surface area contributed by atoms with Crippen molar-refractivity contribution < 1.29 is 9.42 Å². The summed E-state index contributed by atoms with van der Waals surface area (Å²) in [5.74, 6) is 6.32. The van der Waals surface area contributed by atoms with Crippen LogP contribution in [0.25, 0.3) is 0 Å². The van der Waals surface area contributed by atoms with Gasteiger partial charge >= 0.3 is 6.64 Å². The molecule has 0 bridgehead atoms. The first-order valence-electron chi connectivity index (χ1n) is 5.27. The van der Waals surface area contributed by atoms with E-state index in [-0.39, 0.29) is 0 Å². The van der Waals surface area contributed by atoms with Crippen LogP contribution >= 0.6 is 6.64 Å². The van der Waals surface area contributed by atoms with Crippen LogP contribution in [0.5, 0.6) is 5.75 Å². The van der Waals surface area contributed by atoms with Crippen LogP contribution in [0.15, 0.2) is 60.7 Å². The molecule has 0 amide bonds. The van der Waals surface area contributed by atoms with E-state index >= 15 is 0 Å². The van der Waals surface area contributed by atoms with Crippen molar-refractivity contribution in [3.63, 3.8) is 0 Å². The molecular weight excluding hydrogens is 267 g/mol. The molecule has 4 nitrogen and oxygen atoms in total. The standard InChI is InChI=1S/C12H13N2O2PS/c13-14(11-7-3-1-4-8-11)17(15,18)16-12-9-5-2-6-10-12/h1-10H,13H2,(H,15,18). The van der Waals surface area contributed by atoms with E-state index in [1.807, 2.05) is 24.3 Å². The van der Waals surface area contributed by atoms with Crippen LogP contribution in [0.3, 0.4) is 0 Å². The van der Waals surface area contributed by atoms with Crippen molar-refractivity contribution in [1.29, 1.82) is 0 Å². The van der Waals surface area contributed by atoms with Gasteiger partial charge in [-0.25, -0.2) is 10.6 Å². The Morgan fingerprint density at radius 2 is 1.50 bits per heavy atom. The Hall–Kier alpha value is -1.39. The summed E-state index contributed by atoms with van der Waals surface area (Å²) in [6.45, 7) is -3.28. The van der Waals surface area contributed by atoms with Gasteiger partial charge < -0.3 is 9.42 Å². The van der Waals surface area contributed by atoms with Crippen molar-refractivity contribution in [3.8, 4) is 5.75 Å². The van der Waals surface area contributed by atoms with Crippen LogP contribution in [0.1, 0.15) is 0 Å². The highest BCUT2D eigenvalue weighted by molar-refractivity contribution is 8.10. The van der Waals surface area contributed by atoms with Crippen molar-refractivity contribution >= 4 is 24.1 Å². The first kappa shape index (κ1) is 13.1. The van der Waals surface area contributed by atoms with Crippen molar-refractivity contribution in [1.82, 2.24) is 0 Å². The van der Waals surface area contributed by atoms with E-state index in [4.69, 9.17) is 22.2 Å². The lowest BCUT2D eigenvalue weighted by atomic mass is 10.3. The Morgan fingerprint density at radius 3 is 2.06 bits per heavy atom. The third kappa shape index (κ3) is 3.09. The zero-order chi connectivity index (χ0) is 13.0. The zero-order valence-corrected chi connectivity index (χ0v) is 11.2. The molecule has 0 saturated carbocycles. The molecule has 1 atom stereocenters. The molecule has 2 aromatic carbocycles. The van der Waals surface area contributed by atoms with E-state index in [0.29, 0.717) is 11.4 Å². The molecule has 0 saturated heterocycles. The molecule has 2 aromatic rings. The second-order valence-corrected chi connectivity index (χ2v) is 6.60. The predicted molar refractivity (Wildman–Crippen MR) is 76.7 cm³/mol. The molecule has 0 spiro atoms. The fourth-order valence-corrected chi connectivity index (χ4v) is 2.84. The van der Waals surface area contributed by atoms with Gasteiger partial charge in [-0.05, 0) is 36.1 Å². The number of rotatable bonds is 4. The minimum absolute atomic E-state index is 0.495. The zero-order valence-electron chi connectivity index (χ0n) is 9.51. The van der Waals surface area contributed by atoms with Gasteiger partial charge in [0, 0.05) is 0 Å². The number of hydrogen-bond donors (Lipinski definition) is 2. The molecule has 2 rings (SSSR count). The highest BCUT2D eigenvalue weighted by atomic mass is 32.5. The van der Waals surface area contributed by atoms with Gasteiger partial charge in [0.25, 0.3) is 0 Å². The number of hydrogen-bond acceptors (Lipinski definition) is 3. The fraction of sp³-hybridized carbons (Fsp3) is 0. The van der Waals surface area contributed by atoms with Crippen molar-refractivity contribution in [2.24, 2.45) is 5.84 Å². The molecule has 0 heterocycles. The molecular formula is C12H13N2O2PS. The maximum Gasteiger partial charge on any atom is 0.353 e. The topological polar surface area (TPSA) is 58.7 Å². The number of nitrogens with two attached hydrogens (primary N) is 1. The molecule has 94 valence electrons. The summed E-state index contributed by atoms with van der Waals surface area (Å²) in [5, 5.41) is 0. The Labute approximate surface area is 111 Å². The molecule has 0 aromatic heterocycles. The lowest BCUT2D eigenvalue weighted by molar-refractivity contribution is 0.478. The van der Waals surface area contributed by atoms with Gasteiger partial charge in [-0.2, -0.15) is 0 Å². The number of hydrazine groups is 1. The first-order chi connectivity index (χ1) is 8.59. The number of anilines is 1. The third-order valence-corrected chi connectivity index (χ3v) is 4.24. The van der Waals surface area contributed by atoms with E-state index in [1.165, 1.54) is 0 Å².